The van der Waals surface area contributed by atoms with E-state index in [1.807, 2.05) is 19.2 Å². The fraction of sp³-hybridized carbons (Fsp3) is 0.643. The minimum atomic E-state index is 0.233. The van der Waals surface area contributed by atoms with Crippen molar-refractivity contribution in [2.24, 2.45) is 0 Å². The first-order chi connectivity index (χ1) is 9.22. The molecule has 0 aliphatic carbocycles. The molecule has 5 nitrogen and oxygen atoms in total. The average molecular weight is 262 g/mol. The van der Waals surface area contributed by atoms with Crippen LogP contribution in [0.2, 0.25) is 0 Å². The van der Waals surface area contributed by atoms with Crippen LogP contribution in [0.25, 0.3) is 0 Å². The molecule has 2 fully saturated rings. The summed E-state index contributed by atoms with van der Waals surface area (Å²) in [5.74, 6) is 0.762. The summed E-state index contributed by atoms with van der Waals surface area (Å²) in [5, 5.41) is 3.30. The third-order valence-electron chi connectivity index (χ3n) is 4.01. The minimum Gasteiger partial charge on any atom is -0.396 e. The van der Waals surface area contributed by atoms with Crippen molar-refractivity contribution in [1.82, 2.24) is 9.88 Å². The first-order valence-corrected chi connectivity index (χ1v) is 7.04. The molecular weight excluding hydrogens is 240 g/mol. The average Bonchev–Trinajstić information content (AvgIpc) is 2.85. The topological polar surface area (TPSA) is 63.4 Å². The van der Waals surface area contributed by atoms with E-state index in [0.29, 0.717) is 11.7 Å². The van der Waals surface area contributed by atoms with Crippen molar-refractivity contribution in [3.8, 4) is 0 Å². The van der Waals surface area contributed by atoms with E-state index >= 15 is 0 Å². The zero-order valence-electron chi connectivity index (χ0n) is 11.4. The fourth-order valence-corrected chi connectivity index (χ4v) is 2.96. The van der Waals surface area contributed by atoms with Crippen LogP contribution in [0.4, 0.5) is 11.5 Å². The van der Waals surface area contributed by atoms with Gasteiger partial charge in [0, 0.05) is 25.3 Å². The maximum Gasteiger partial charge on any atom is 0.149 e. The lowest BCUT2D eigenvalue weighted by Crippen LogP contribution is -2.48. The van der Waals surface area contributed by atoms with Gasteiger partial charge in [0.05, 0.1) is 18.4 Å². The number of anilines is 2. The van der Waals surface area contributed by atoms with E-state index in [4.69, 9.17) is 10.5 Å². The van der Waals surface area contributed by atoms with Crippen LogP contribution >= 0.6 is 0 Å². The van der Waals surface area contributed by atoms with Crippen LogP contribution in [-0.2, 0) is 4.74 Å². The molecule has 2 saturated heterocycles. The van der Waals surface area contributed by atoms with E-state index in [2.05, 4.69) is 15.2 Å². The molecule has 0 spiro atoms. The van der Waals surface area contributed by atoms with Gasteiger partial charge in [-0.2, -0.15) is 0 Å². The zero-order chi connectivity index (χ0) is 13.2. The van der Waals surface area contributed by atoms with Crippen LogP contribution in [-0.4, -0.2) is 48.3 Å². The van der Waals surface area contributed by atoms with Crippen LogP contribution in [0.5, 0.6) is 0 Å². The molecular formula is C14H22N4O. The standard InChI is InChI=1S/C14H22N4O/c1-10-5-13(15)14(16-6-10)17-7-12-8-18-4-2-3-11(18)9-19-12/h5-6,11-12H,2-4,7-9,15H2,1H3,(H,16,17). The van der Waals surface area contributed by atoms with Crippen LogP contribution in [0, 0.1) is 6.92 Å². The molecule has 0 radical (unpaired) electrons. The van der Waals surface area contributed by atoms with Crippen molar-refractivity contribution in [2.75, 3.05) is 37.3 Å². The molecule has 2 aliphatic heterocycles. The summed E-state index contributed by atoms with van der Waals surface area (Å²) in [4.78, 5) is 6.87. The van der Waals surface area contributed by atoms with Crippen LogP contribution in [0.15, 0.2) is 12.3 Å². The van der Waals surface area contributed by atoms with Crippen molar-refractivity contribution in [3.63, 3.8) is 0 Å². The van der Waals surface area contributed by atoms with Crippen molar-refractivity contribution in [3.05, 3.63) is 17.8 Å². The van der Waals surface area contributed by atoms with Gasteiger partial charge in [-0.15, -0.1) is 0 Å². The third-order valence-corrected chi connectivity index (χ3v) is 4.01. The van der Waals surface area contributed by atoms with E-state index in [0.717, 1.165) is 31.1 Å². The summed E-state index contributed by atoms with van der Waals surface area (Å²) in [5.41, 5.74) is 7.73. The number of aromatic nitrogens is 1. The van der Waals surface area contributed by atoms with Crippen LogP contribution in [0.3, 0.4) is 0 Å². The molecule has 2 unspecified atom stereocenters. The number of rotatable bonds is 3. The van der Waals surface area contributed by atoms with Crippen molar-refractivity contribution >= 4 is 11.5 Å². The molecule has 2 aliphatic rings. The van der Waals surface area contributed by atoms with Crippen LogP contribution < -0.4 is 11.1 Å². The molecule has 3 N–H and O–H groups in total. The Hall–Kier alpha value is -1.33. The Bertz CT molecular complexity index is 451. The number of nitrogen functional groups attached to an aromatic ring is 1. The largest absolute Gasteiger partial charge is 0.396 e. The molecule has 0 bridgehead atoms. The van der Waals surface area contributed by atoms with E-state index in [1.165, 1.54) is 19.4 Å². The maximum absolute atomic E-state index is 5.95. The lowest BCUT2D eigenvalue weighted by Gasteiger charge is -2.35. The minimum absolute atomic E-state index is 0.233. The van der Waals surface area contributed by atoms with E-state index < -0.39 is 0 Å². The maximum atomic E-state index is 5.95. The number of aryl methyl sites for hydroxylation is 1. The third kappa shape index (κ3) is 2.82. The van der Waals surface area contributed by atoms with E-state index in [9.17, 15) is 0 Å². The SMILES string of the molecule is Cc1cnc(NCC2CN3CCCC3CO2)c(N)c1. The number of morpholine rings is 1. The van der Waals surface area contributed by atoms with Gasteiger partial charge in [0.2, 0.25) is 0 Å². The second-order valence-corrected chi connectivity index (χ2v) is 5.58. The van der Waals surface area contributed by atoms with Crippen LogP contribution in [0.1, 0.15) is 18.4 Å². The fourth-order valence-electron chi connectivity index (χ4n) is 2.96. The summed E-state index contributed by atoms with van der Waals surface area (Å²) in [7, 11) is 0. The van der Waals surface area contributed by atoms with Crippen molar-refractivity contribution in [2.45, 2.75) is 31.9 Å². The molecule has 0 aromatic carbocycles. The van der Waals surface area contributed by atoms with E-state index in [1.54, 1.807) is 0 Å². The number of ether oxygens (including phenoxy) is 1. The summed E-state index contributed by atoms with van der Waals surface area (Å²) in [6.45, 7) is 5.86. The molecule has 5 heteroatoms. The summed E-state index contributed by atoms with van der Waals surface area (Å²) >= 11 is 0. The Morgan fingerprint density at radius 3 is 3.32 bits per heavy atom. The van der Waals surface area contributed by atoms with Gasteiger partial charge in [0.15, 0.2) is 0 Å². The van der Waals surface area contributed by atoms with Gasteiger partial charge in [0.1, 0.15) is 5.82 Å². The molecule has 1 aromatic heterocycles. The normalized spacial score (nSPS) is 27.2. The molecule has 0 amide bonds. The Morgan fingerprint density at radius 2 is 2.47 bits per heavy atom. The molecule has 104 valence electrons. The zero-order valence-corrected chi connectivity index (χ0v) is 11.4. The second-order valence-electron chi connectivity index (χ2n) is 5.58. The van der Waals surface area contributed by atoms with Gasteiger partial charge in [-0.25, -0.2) is 4.98 Å². The molecule has 3 heterocycles. The highest BCUT2D eigenvalue weighted by molar-refractivity contribution is 5.61. The number of hydrogen-bond donors (Lipinski definition) is 2. The number of hydrogen-bond acceptors (Lipinski definition) is 5. The molecule has 19 heavy (non-hydrogen) atoms. The predicted molar refractivity (Wildman–Crippen MR) is 76.2 cm³/mol. The number of nitrogens with zero attached hydrogens (tertiary/aromatic N) is 2. The highest BCUT2D eigenvalue weighted by Gasteiger charge is 2.31. The predicted octanol–water partition coefficient (Wildman–Crippen LogP) is 1.25. The smallest absolute Gasteiger partial charge is 0.149 e. The lowest BCUT2D eigenvalue weighted by molar-refractivity contribution is -0.0415. The first kappa shape index (κ1) is 12.7. The lowest BCUT2D eigenvalue weighted by atomic mass is 10.2. The number of nitrogens with one attached hydrogen (secondary N) is 1. The van der Waals surface area contributed by atoms with Gasteiger partial charge in [-0.3, -0.25) is 4.90 Å². The molecule has 2 atom stereocenters. The summed E-state index contributed by atoms with van der Waals surface area (Å²) < 4.78 is 5.90. The van der Waals surface area contributed by atoms with Gasteiger partial charge in [0.25, 0.3) is 0 Å². The number of nitrogens with two attached hydrogens (primary N) is 1. The van der Waals surface area contributed by atoms with E-state index in [-0.39, 0.29) is 6.10 Å². The number of fused-ring (bicyclic) bond motifs is 1. The molecule has 0 saturated carbocycles. The van der Waals surface area contributed by atoms with Gasteiger partial charge < -0.3 is 15.8 Å². The Morgan fingerprint density at radius 1 is 1.58 bits per heavy atom. The van der Waals surface area contributed by atoms with Gasteiger partial charge in [-0.05, 0) is 37.9 Å². The summed E-state index contributed by atoms with van der Waals surface area (Å²) in [6, 6.07) is 2.59. The first-order valence-electron chi connectivity index (χ1n) is 7.04. The monoisotopic (exact) mass is 262 g/mol. The van der Waals surface area contributed by atoms with Crippen molar-refractivity contribution in [1.29, 1.82) is 0 Å². The highest BCUT2D eigenvalue weighted by atomic mass is 16.5. The highest BCUT2D eigenvalue weighted by Crippen LogP contribution is 2.23. The van der Waals surface area contributed by atoms with Crippen molar-refractivity contribution < 1.29 is 4.74 Å². The van der Waals surface area contributed by atoms with Gasteiger partial charge in [-0.1, -0.05) is 0 Å². The van der Waals surface area contributed by atoms with Gasteiger partial charge >= 0.3 is 0 Å². The molecule has 1 aromatic rings. The molecule has 3 rings (SSSR count). The Kier molecular flexibility index (Phi) is 3.57. The second kappa shape index (κ2) is 5.35. The number of pyridine rings is 1. The Labute approximate surface area is 114 Å². The Balaban J connectivity index is 1.54. The quantitative estimate of drug-likeness (QED) is 0.858. The summed E-state index contributed by atoms with van der Waals surface area (Å²) in [6.07, 6.45) is 4.65.